The highest BCUT2D eigenvalue weighted by molar-refractivity contribution is 7.13. The van der Waals surface area contributed by atoms with Crippen molar-refractivity contribution < 1.29 is 4.79 Å². The minimum absolute atomic E-state index is 0.145. The van der Waals surface area contributed by atoms with Crippen molar-refractivity contribution in [3.8, 4) is 10.6 Å². The summed E-state index contributed by atoms with van der Waals surface area (Å²) in [6.45, 7) is 4.86. The van der Waals surface area contributed by atoms with Gasteiger partial charge in [0.2, 0.25) is 5.91 Å². The van der Waals surface area contributed by atoms with Gasteiger partial charge in [-0.3, -0.25) is 4.79 Å². The van der Waals surface area contributed by atoms with Crippen LogP contribution in [0, 0.1) is 6.92 Å². The maximum atomic E-state index is 11.5. The molecule has 0 atom stereocenters. The van der Waals surface area contributed by atoms with E-state index in [0.717, 1.165) is 30.0 Å². The summed E-state index contributed by atoms with van der Waals surface area (Å²) in [6.07, 6.45) is 3.43. The van der Waals surface area contributed by atoms with Crippen LogP contribution in [0.3, 0.4) is 0 Å². The Bertz CT molecular complexity index is 592. The highest BCUT2D eigenvalue weighted by atomic mass is 32.1. The number of thiazole rings is 1. The SMILES string of the molecule is CCCCC(=O)NCCc1csc(-c2ccccc2C)n1. The van der Waals surface area contributed by atoms with E-state index in [1.807, 2.05) is 12.1 Å². The van der Waals surface area contributed by atoms with E-state index in [0.29, 0.717) is 13.0 Å². The Balaban J connectivity index is 1.87. The monoisotopic (exact) mass is 302 g/mol. The van der Waals surface area contributed by atoms with Crippen LogP contribution in [0.4, 0.5) is 0 Å². The first kappa shape index (κ1) is 15.7. The molecule has 21 heavy (non-hydrogen) atoms. The lowest BCUT2D eigenvalue weighted by Crippen LogP contribution is -2.25. The molecule has 0 radical (unpaired) electrons. The van der Waals surface area contributed by atoms with Crippen LogP contribution in [0.2, 0.25) is 0 Å². The molecule has 1 N–H and O–H groups in total. The Morgan fingerprint density at radius 2 is 2.14 bits per heavy atom. The van der Waals surface area contributed by atoms with E-state index in [1.165, 1.54) is 11.1 Å². The molecule has 1 aromatic carbocycles. The van der Waals surface area contributed by atoms with Gasteiger partial charge in [-0.2, -0.15) is 0 Å². The molecule has 0 fully saturated rings. The normalized spacial score (nSPS) is 10.6. The molecule has 0 aliphatic heterocycles. The van der Waals surface area contributed by atoms with Crippen LogP contribution in [-0.4, -0.2) is 17.4 Å². The van der Waals surface area contributed by atoms with Crippen LogP contribution in [0.15, 0.2) is 29.6 Å². The van der Waals surface area contributed by atoms with E-state index in [4.69, 9.17) is 0 Å². The molecule has 0 saturated heterocycles. The van der Waals surface area contributed by atoms with Gasteiger partial charge in [0.15, 0.2) is 0 Å². The zero-order valence-corrected chi connectivity index (χ0v) is 13.5. The number of carbonyl (C=O) groups excluding carboxylic acids is 1. The Hall–Kier alpha value is -1.68. The lowest BCUT2D eigenvalue weighted by molar-refractivity contribution is -0.121. The summed E-state index contributed by atoms with van der Waals surface area (Å²) in [4.78, 5) is 16.2. The molecule has 1 aromatic heterocycles. The molecule has 0 spiro atoms. The minimum Gasteiger partial charge on any atom is -0.356 e. The number of aromatic nitrogens is 1. The van der Waals surface area contributed by atoms with Crippen molar-refractivity contribution in [2.75, 3.05) is 6.54 Å². The van der Waals surface area contributed by atoms with Gasteiger partial charge in [-0.05, 0) is 18.9 Å². The predicted octanol–water partition coefficient (Wildman–Crippen LogP) is 3.97. The summed E-state index contributed by atoms with van der Waals surface area (Å²) < 4.78 is 0. The average Bonchev–Trinajstić information content (AvgIpc) is 2.94. The van der Waals surface area contributed by atoms with E-state index in [-0.39, 0.29) is 5.91 Å². The van der Waals surface area contributed by atoms with E-state index in [1.54, 1.807) is 11.3 Å². The van der Waals surface area contributed by atoms with Gasteiger partial charge in [0, 0.05) is 30.3 Å². The zero-order chi connectivity index (χ0) is 15.1. The minimum atomic E-state index is 0.145. The topological polar surface area (TPSA) is 42.0 Å². The standard InChI is InChI=1S/C17H22N2OS/c1-3-4-9-16(20)18-11-10-14-12-21-17(19-14)15-8-6-5-7-13(15)2/h5-8,12H,3-4,9-11H2,1-2H3,(H,18,20). The number of aryl methyl sites for hydroxylation is 1. The summed E-state index contributed by atoms with van der Waals surface area (Å²) in [5.41, 5.74) is 3.49. The van der Waals surface area contributed by atoms with Crippen LogP contribution >= 0.6 is 11.3 Å². The van der Waals surface area contributed by atoms with Crippen molar-refractivity contribution in [1.82, 2.24) is 10.3 Å². The molecule has 112 valence electrons. The van der Waals surface area contributed by atoms with Gasteiger partial charge in [-0.25, -0.2) is 4.98 Å². The summed E-state index contributed by atoms with van der Waals surface area (Å²) in [5.74, 6) is 0.145. The van der Waals surface area contributed by atoms with Crippen molar-refractivity contribution in [1.29, 1.82) is 0 Å². The lowest BCUT2D eigenvalue weighted by Gasteiger charge is -2.03. The fraction of sp³-hybridized carbons (Fsp3) is 0.412. The van der Waals surface area contributed by atoms with E-state index < -0.39 is 0 Å². The summed E-state index contributed by atoms with van der Waals surface area (Å²) >= 11 is 1.67. The highest BCUT2D eigenvalue weighted by Gasteiger charge is 2.07. The van der Waals surface area contributed by atoms with Crippen molar-refractivity contribution in [2.24, 2.45) is 0 Å². The molecule has 1 heterocycles. The second-order valence-corrected chi connectivity index (χ2v) is 6.02. The number of nitrogens with one attached hydrogen (secondary N) is 1. The third kappa shape index (κ3) is 4.67. The molecular formula is C17H22N2OS. The van der Waals surface area contributed by atoms with Crippen LogP contribution < -0.4 is 5.32 Å². The second-order valence-electron chi connectivity index (χ2n) is 5.16. The maximum Gasteiger partial charge on any atom is 0.220 e. The number of amides is 1. The fourth-order valence-corrected chi connectivity index (χ4v) is 3.06. The maximum absolute atomic E-state index is 11.5. The Kier molecular flexibility index (Phi) is 5.93. The highest BCUT2D eigenvalue weighted by Crippen LogP contribution is 2.26. The van der Waals surface area contributed by atoms with Crippen LogP contribution in [0.25, 0.3) is 10.6 Å². The van der Waals surface area contributed by atoms with E-state index in [2.05, 4.69) is 41.7 Å². The summed E-state index contributed by atoms with van der Waals surface area (Å²) in [5, 5.41) is 6.09. The fourth-order valence-electron chi connectivity index (χ4n) is 2.11. The first-order valence-corrected chi connectivity index (χ1v) is 8.35. The first-order chi connectivity index (χ1) is 10.2. The molecule has 2 aromatic rings. The van der Waals surface area contributed by atoms with Gasteiger partial charge in [0.25, 0.3) is 0 Å². The Morgan fingerprint density at radius 1 is 1.33 bits per heavy atom. The number of carbonyl (C=O) groups is 1. The summed E-state index contributed by atoms with van der Waals surface area (Å²) in [7, 11) is 0. The predicted molar refractivity (Wildman–Crippen MR) is 88.5 cm³/mol. The number of nitrogens with zero attached hydrogens (tertiary/aromatic N) is 1. The van der Waals surface area contributed by atoms with Crippen molar-refractivity contribution in [3.05, 3.63) is 40.9 Å². The molecule has 3 nitrogen and oxygen atoms in total. The van der Waals surface area contributed by atoms with Gasteiger partial charge < -0.3 is 5.32 Å². The second kappa shape index (κ2) is 7.93. The molecule has 0 aliphatic rings. The Labute approximate surface area is 130 Å². The Morgan fingerprint density at radius 3 is 2.90 bits per heavy atom. The number of unbranched alkanes of at least 4 members (excludes halogenated alkanes) is 1. The number of rotatable bonds is 7. The average molecular weight is 302 g/mol. The van der Waals surface area contributed by atoms with Crippen LogP contribution in [0.1, 0.15) is 37.4 Å². The third-order valence-electron chi connectivity index (χ3n) is 3.39. The molecule has 4 heteroatoms. The van der Waals surface area contributed by atoms with Crippen LogP contribution in [-0.2, 0) is 11.2 Å². The quantitative estimate of drug-likeness (QED) is 0.841. The van der Waals surface area contributed by atoms with Crippen LogP contribution in [0.5, 0.6) is 0 Å². The molecule has 0 bridgehead atoms. The number of benzene rings is 1. The molecule has 0 aliphatic carbocycles. The lowest BCUT2D eigenvalue weighted by atomic mass is 10.1. The third-order valence-corrected chi connectivity index (χ3v) is 4.31. The van der Waals surface area contributed by atoms with E-state index >= 15 is 0 Å². The molecule has 0 unspecified atom stereocenters. The van der Waals surface area contributed by atoms with Gasteiger partial charge in [-0.1, -0.05) is 37.6 Å². The van der Waals surface area contributed by atoms with Gasteiger partial charge in [0.05, 0.1) is 5.69 Å². The number of hydrogen-bond acceptors (Lipinski definition) is 3. The van der Waals surface area contributed by atoms with Gasteiger partial charge in [-0.15, -0.1) is 11.3 Å². The van der Waals surface area contributed by atoms with Crippen molar-refractivity contribution >= 4 is 17.2 Å². The van der Waals surface area contributed by atoms with Crippen molar-refractivity contribution in [2.45, 2.75) is 39.5 Å². The summed E-state index contributed by atoms with van der Waals surface area (Å²) in [6, 6.07) is 8.28. The first-order valence-electron chi connectivity index (χ1n) is 7.47. The molecule has 2 rings (SSSR count). The van der Waals surface area contributed by atoms with E-state index in [9.17, 15) is 4.79 Å². The zero-order valence-electron chi connectivity index (χ0n) is 12.7. The van der Waals surface area contributed by atoms with Gasteiger partial charge >= 0.3 is 0 Å². The smallest absolute Gasteiger partial charge is 0.220 e. The largest absolute Gasteiger partial charge is 0.356 e. The number of hydrogen-bond donors (Lipinski definition) is 1. The molecule has 1 amide bonds. The van der Waals surface area contributed by atoms with Crippen molar-refractivity contribution in [3.63, 3.8) is 0 Å². The van der Waals surface area contributed by atoms with Gasteiger partial charge in [0.1, 0.15) is 5.01 Å². The molecule has 0 saturated carbocycles. The molecular weight excluding hydrogens is 280 g/mol.